The van der Waals surface area contributed by atoms with Crippen LogP contribution in [0, 0.1) is 0 Å². The zero-order valence-corrected chi connectivity index (χ0v) is 12.4. The Bertz CT molecular complexity index is 829. The fourth-order valence-corrected chi connectivity index (χ4v) is 2.69. The number of hydrogen-bond acceptors (Lipinski definition) is 6. The molecule has 1 unspecified atom stereocenters. The molecule has 1 atom stereocenters. The van der Waals surface area contributed by atoms with E-state index >= 15 is 0 Å². The molecule has 120 valence electrons. The van der Waals surface area contributed by atoms with Gasteiger partial charge in [-0.15, -0.1) is 0 Å². The number of rotatable bonds is 4. The Kier molecular flexibility index (Phi) is 4.07. The van der Waals surface area contributed by atoms with Gasteiger partial charge in [-0.25, -0.2) is 4.68 Å². The highest BCUT2D eigenvalue weighted by Gasteiger charge is 2.29. The second-order valence-corrected chi connectivity index (χ2v) is 5.34. The Morgan fingerprint density at radius 3 is 2.87 bits per heavy atom. The summed E-state index contributed by atoms with van der Waals surface area (Å²) in [6, 6.07) is 4.53. The number of hydrogen-bond donors (Lipinski definition) is 3. The standard InChI is InChI=1S/C15H17N5O3/c16-6-7-17-11-3-1-2-9-10(11)8-18-20(15(9)23)12-4-5-13(21)19-14(12)22/h1-3,8,12,17H,4-7,16H2,(H,19,21,22). The predicted molar refractivity (Wildman–Crippen MR) is 85.0 cm³/mol. The second kappa shape index (κ2) is 6.17. The number of fused-ring (bicyclic) bond motifs is 1. The Hall–Kier alpha value is -2.74. The number of piperidine rings is 1. The maximum absolute atomic E-state index is 12.7. The van der Waals surface area contributed by atoms with Crippen molar-refractivity contribution in [2.75, 3.05) is 18.4 Å². The molecule has 8 nitrogen and oxygen atoms in total. The van der Waals surface area contributed by atoms with Crippen LogP contribution in [0.1, 0.15) is 18.9 Å². The van der Waals surface area contributed by atoms with Gasteiger partial charge in [0.2, 0.25) is 5.91 Å². The van der Waals surface area contributed by atoms with Gasteiger partial charge in [-0.3, -0.25) is 19.7 Å². The zero-order chi connectivity index (χ0) is 16.4. The van der Waals surface area contributed by atoms with Crippen molar-refractivity contribution >= 4 is 28.3 Å². The van der Waals surface area contributed by atoms with Gasteiger partial charge in [-0.05, 0) is 18.6 Å². The first-order valence-corrected chi connectivity index (χ1v) is 7.40. The summed E-state index contributed by atoms with van der Waals surface area (Å²) in [5.74, 6) is -0.819. The minimum Gasteiger partial charge on any atom is -0.383 e. The summed E-state index contributed by atoms with van der Waals surface area (Å²) in [6.45, 7) is 1.05. The van der Waals surface area contributed by atoms with Crippen LogP contribution in [-0.4, -0.2) is 34.7 Å². The molecule has 23 heavy (non-hydrogen) atoms. The average molecular weight is 315 g/mol. The molecular formula is C15H17N5O3. The molecule has 1 aromatic heterocycles. The summed E-state index contributed by atoms with van der Waals surface area (Å²) in [7, 11) is 0. The first-order chi connectivity index (χ1) is 11.1. The molecular weight excluding hydrogens is 298 g/mol. The van der Waals surface area contributed by atoms with Crippen LogP contribution in [0.5, 0.6) is 0 Å². The van der Waals surface area contributed by atoms with E-state index in [1.165, 1.54) is 0 Å². The Labute approximate surface area is 131 Å². The van der Waals surface area contributed by atoms with Crippen molar-refractivity contribution in [1.82, 2.24) is 15.1 Å². The number of imide groups is 1. The molecule has 3 rings (SSSR count). The summed E-state index contributed by atoms with van der Waals surface area (Å²) < 4.78 is 1.15. The van der Waals surface area contributed by atoms with E-state index in [2.05, 4.69) is 15.7 Å². The van der Waals surface area contributed by atoms with Crippen molar-refractivity contribution in [3.05, 3.63) is 34.7 Å². The summed E-state index contributed by atoms with van der Waals surface area (Å²) in [5.41, 5.74) is 5.90. The topological polar surface area (TPSA) is 119 Å². The second-order valence-electron chi connectivity index (χ2n) is 5.34. The van der Waals surface area contributed by atoms with E-state index in [4.69, 9.17) is 5.73 Å². The van der Waals surface area contributed by atoms with Crippen LogP contribution in [0.2, 0.25) is 0 Å². The number of anilines is 1. The summed E-state index contributed by atoms with van der Waals surface area (Å²) >= 11 is 0. The number of nitrogens with zero attached hydrogens (tertiary/aromatic N) is 2. The molecule has 2 aromatic rings. The van der Waals surface area contributed by atoms with E-state index in [0.717, 1.165) is 10.4 Å². The third-order valence-electron chi connectivity index (χ3n) is 3.82. The molecule has 2 heterocycles. The molecule has 1 aromatic carbocycles. The fourth-order valence-electron chi connectivity index (χ4n) is 2.69. The van der Waals surface area contributed by atoms with Gasteiger partial charge in [-0.2, -0.15) is 5.10 Å². The van der Waals surface area contributed by atoms with E-state index in [0.29, 0.717) is 23.9 Å². The van der Waals surface area contributed by atoms with Crippen LogP contribution in [0.25, 0.3) is 10.8 Å². The Morgan fingerprint density at radius 1 is 1.30 bits per heavy atom. The van der Waals surface area contributed by atoms with Gasteiger partial charge in [0.15, 0.2) is 0 Å². The van der Waals surface area contributed by atoms with E-state index in [9.17, 15) is 14.4 Å². The molecule has 0 saturated carbocycles. The third kappa shape index (κ3) is 2.80. The molecule has 0 radical (unpaired) electrons. The first-order valence-electron chi connectivity index (χ1n) is 7.40. The van der Waals surface area contributed by atoms with Crippen LogP contribution in [0.4, 0.5) is 5.69 Å². The minimum atomic E-state index is -0.759. The van der Waals surface area contributed by atoms with Crippen molar-refractivity contribution in [3.63, 3.8) is 0 Å². The minimum absolute atomic E-state index is 0.195. The zero-order valence-electron chi connectivity index (χ0n) is 12.4. The van der Waals surface area contributed by atoms with Gasteiger partial charge in [0.05, 0.1) is 11.6 Å². The van der Waals surface area contributed by atoms with Gasteiger partial charge in [0.25, 0.3) is 11.5 Å². The number of carbonyl (C=O) groups excluding carboxylic acids is 2. The van der Waals surface area contributed by atoms with Crippen LogP contribution < -0.4 is 21.9 Å². The number of amides is 2. The summed E-state index contributed by atoms with van der Waals surface area (Å²) in [5, 5.41) is 10.7. The van der Waals surface area contributed by atoms with Gasteiger partial charge in [0, 0.05) is 30.6 Å². The number of aromatic nitrogens is 2. The van der Waals surface area contributed by atoms with E-state index in [1.807, 2.05) is 6.07 Å². The van der Waals surface area contributed by atoms with Gasteiger partial charge in [0.1, 0.15) is 6.04 Å². The molecule has 0 bridgehead atoms. The van der Waals surface area contributed by atoms with Crippen LogP contribution in [0.15, 0.2) is 29.2 Å². The van der Waals surface area contributed by atoms with Gasteiger partial charge < -0.3 is 11.1 Å². The largest absolute Gasteiger partial charge is 0.383 e. The Balaban J connectivity index is 2.04. The SMILES string of the molecule is NCCNc1cccc2c(=O)n(C3CCC(=O)NC3=O)ncc12. The number of nitrogens with two attached hydrogens (primary N) is 1. The maximum atomic E-state index is 12.7. The molecule has 8 heteroatoms. The molecule has 1 fully saturated rings. The normalized spacial score (nSPS) is 18.0. The monoisotopic (exact) mass is 315 g/mol. The van der Waals surface area contributed by atoms with Crippen LogP contribution >= 0.6 is 0 Å². The molecule has 0 spiro atoms. The van der Waals surface area contributed by atoms with Crippen LogP contribution in [0.3, 0.4) is 0 Å². The highest BCUT2D eigenvalue weighted by atomic mass is 16.2. The highest BCUT2D eigenvalue weighted by molar-refractivity contribution is 5.99. The molecule has 1 aliphatic heterocycles. The lowest BCUT2D eigenvalue weighted by Crippen LogP contribution is -2.45. The highest BCUT2D eigenvalue weighted by Crippen LogP contribution is 2.21. The van der Waals surface area contributed by atoms with E-state index < -0.39 is 11.9 Å². The summed E-state index contributed by atoms with van der Waals surface area (Å²) in [4.78, 5) is 35.8. The molecule has 1 aliphatic rings. The third-order valence-corrected chi connectivity index (χ3v) is 3.82. The smallest absolute Gasteiger partial charge is 0.275 e. The first kappa shape index (κ1) is 15.2. The number of carbonyl (C=O) groups is 2. The van der Waals surface area contributed by atoms with E-state index in [-0.39, 0.29) is 24.3 Å². The average Bonchev–Trinajstić information content (AvgIpc) is 2.54. The van der Waals surface area contributed by atoms with Crippen molar-refractivity contribution in [3.8, 4) is 0 Å². The summed E-state index contributed by atoms with van der Waals surface area (Å²) in [6.07, 6.45) is 2.02. The van der Waals surface area contributed by atoms with Gasteiger partial charge in [-0.1, -0.05) is 6.07 Å². The maximum Gasteiger partial charge on any atom is 0.275 e. The predicted octanol–water partition coefficient (Wildman–Crippen LogP) is -0.255. The van der Waals surface area contributed by atoms with Crippen molar-refractivity contribution in [2.24, 2.45) is 5.73 Å². The van der Waals surface area contributed by atoms with E-state index in [1.54, 1.807) is 18.3 Å². The number of nitrogens with one attached hydrogen (secondary N) is 2. The van der Waals surface area contributed by atoms with Crippen molar-refractivity contribution < 1.29 is 9.59 Å². The van der Waals surface area contributed by atoms with Crippen LogP contribution in [-0.2, 0) is 9.59 Å². The lowest BCUT2D eigenvalue weighted by atomic mass is 10.1. The molecule has 4 N–H and O–H groups in total. The van der Waals surface area contributed by atoms with Crippen molar-refractivity contribution in [2.45, 2.75) is 18.9 Å². The van der Waals surface area contributed by atoms with Crippen molar-refractivity contribution in [1.29, 1.82) is 0 Å². The van der Waals surface area contributed by atoms with Gasteiger partial charge >= 0.3 is 0 Å². The fraction of sp³-hybridized carbons (Fsp3) is 0.333. The molecule has 1 saturated heterocycles. The Morgan fingerprint density at radius 2 is 2.13 bits per heavy atom. The molecule has 2 amide bonds. The lowest BCUT2D eigenvalue weighted by molar-refractivity contribution is -0.136. The number of benzene rings is 1. The quantitative estimate of drug-likeness (QED) is 0.669. The lowest BCUT2D eigenvalue weighted by Gasteiger charge is -2.22. The molecule has 0 aliphatic carbocycles.